The van der Waals surface area contributed by atoms with E-state index < -0.39 is 0 Å². The van der Waals surface area contributed by atoms with Gasteiger partial charge >= 0.3 is 0 Å². The Kier molecular flexibility index (Phi) is 5.75. The average Bonchev–Trinajstić information content (AvgIpc) is 2.46. The number of aryl methyl sites for hydroxylation is 1. The Morgan fingerprint density at radius 1 is 1.45 bits per heavy atom. The molecule has 1 fully saturated rings. The van der Waals surface area contributed by atoms with Crippen LogP contribution in [0.25, 0.3) is 0 Å². The van der Waals surface area contributed by atoms with Crippen molar-refractivity contribution in [3.63, 3.8) is 0 Å². The average molecular weight is 304 g/mol. The van der Waals surface area contributed by atoms with Gasteiger partial charge in [-0.2, -0.15) is 0 Å². The maximum Gasteiger partial charge on any atom is 0.270 e. The second-order valence-electron chi connectivity index (χ2n) is 6.79. The monoisotopic (exact) mass is 304 g/mol. The third kappa shape index (κ3) is 4.68. The molecule has 2 heterocycles. The van der Waals surface area contributed by atoms with Crippen molar-refractivity contribution < 1.29 is 4.79 Å². The number of aromatic nitrogens is 2. The molecule has 0 saturated carbocycles. The van der Waals surface area contributed by atoms with Gasteiger partial charge in [-0.3, -0.25) is 4.79 Å². The smallest absolute Gasteiger partial charge is 0.270 e. The lowest BCUT2D eigenvalue weighted by atomic mass is 10.0. The Labute approximate surface area is 133 Å². The van der Waals surface area contributed by atoms with Crippen LogP contribution in [-0.2, 0) is 0 Å². The number of nitrogens with one attached hydrogen (secondary N) is 1. The highest BCUT2D eigenvalue weighted by Crippen LogP contribution is 2.21. The van der Waals surface area contributed by atoms with Crippen molar-refractivity contribution in [2.45, 2.75) is 47.0 Å². The first-order chi connectivity index (χ1) is 10.5. The number of amides is 1. The second-order valence-corrected chi connectivity index (χ2v) is 6.79. The number of carbonyl (C=O) groups is 1. The van der Waals surface area contributed by atoms with Crippen LogP contribution in [0, 0.1) is 18.8 Å². The van der Waals surface area contributed by atoms with E-state index in [0.29, 0.717) is 29.9 Å². The van der Waals surface area contributed by atoms with Crippen LogP contribution >= 0.6 is 0 Å². The molecule has 22 heavy (non-hydrogen) atoms. The molecular weight excluding hydrogens is 276 g/mol. The summed E-state index contributed by atoms with van der Waals surface area (Å²) in [7, 11) is 0. The molecule has 2 rings (SSSR count). The number of nitrogens with zero attached hydrogens (tertiary/aromatic N) is 3. The molecule has 1 unspecified atom stereocenters. The molecule has 0 radical (unpaired) electrons. The van der Waals surface area contributed by atoms with Crippen molar-refractivity contribution in [1.82, 2.24) is 15.3 Å². The molecule has 5 heteroatoms. The molecule has 1 aliphatic rings. The van der Waals surface area contributed by atoms with Crippen LogP contribution in [0.15, 0.2) is 6.07 Å². The topological polar surface area (TPSA) is 58.1 Å². The summed E-state index contributed by atoms with van der Waals surface area (Å²) in [6.45, 7) is 11.1. The van der Waals surface area contributed by atoms with Crippen molar-refractivity contribution in [1.29, 1.82) is 0 Å². The predicted molar refractivity (Wildman–Crippen MR) is 89.2 cm³/mol. The highest BCUT2D eigenvalue weighted by atomic mass is 16.1. The maximum atomic E-state index is 12.3. The first-order valence-electron chi connectivity index (χ1n) is 8.34. The van der Waals surface area contributed by atoms with Crippen molar-refractivity contribution in [2.75, 3.05) is 24.5 Å². The normalized spacial score (nSPS) is 18.6. The van der Waals surface area contributed by atoms with Crippen molar-refractivity contribution in [2.24, 2.45) is 11.8 Å². The number of rotatable bonds is 5. The van der Waals surface area contributed by atoms with E-state index >= 15 is 0 Å². The van der Waals surface area contributed by atoms with Gasteiger partial charge in [0.1, 0.15) is 17.3 Å². The lowest BCUT2D eigenvalue weighted by Gasteiger charge is -2.32. The van der Waals surface area contributed by atoms with E-state index in [1.165, 1.54) is 12.8 Å². The summed E-state index contributed by atoms with van der Waals surface area (Å²) in [5.74, 6) is 2.69. The Morgan fingerprint density at radius 2 is 2.23 bits per heavy atom. The molecule has 5 nitrogen and oxygen atoms in total. The fraction of sp³-hybridized carbons (Fsp3) is 0.706. The van der Waals surface area contributed by atoms with Gasteiger partial charge in [-0.05, 0) is 38.0 Å². The largest absolute Gasteiger partial charge is 0.356 e. The zero-order chi connectivity index (χ0) is 16.1. The van der Waals surface area contributed by atoms with Crippen LogP contribution in [0.4, 0.5) is 5.82 Å². The van der Waals surface area contributed by atoms with Crippen LogP contribution in [0.1, 0.15) is 56.3 Å². The fourth-order valence-corrected chi connectivity index (χ4v) is 2.79. The number of piperidine rings is 1. The van der Waals surface area contributed by atoms with Crippen LogP contribution in [0.3, 0.4) is 0 Å². The van der Waals surface area contributed by atoms with E-state index in [4.69, 9.17) is 0 Å². The van der Waals surface area contributed by atoms with Gasteiger partial charge < -0.3 is 10.2 Å². The van der Waals surface area contributed by atoms with Crippen LogP contribution in [0.5, 0.6) is 0 Å². The third-order valence-corrected chi connectivity index (χ3v) is 4.05. The van der Waals surface area contributed by atoms with Gasteiger partial charge in [-0.15, -0.1) is 0 Å². The Hall–Kier alpha value is -1.65. The van der Waals surface area contributed by atoms with Crippen molar-refractivity contribution in [3.8, 4) is 0 Å². The van der Waals surface area contributed by atoms with Crippen LogP contribution < -0.4 is 10.2 Å². The van der Waals surface area contributed by atoms with E-state index in [0.717, 1.165) is 25.3 Å². The summed E-state index contributed by atoms with van der Waals surface area (Å²) in [5.41, 5.74) is 0.476. The summed E-state index contributed by atoms with van der Waals surface area (Å²) in [5, 5.41) is 2.95. The number of hydrogen-bond donors (Lipinski definition) is 1. The summed E-state index contributed by atoms with van der Waals surface area (Å²) in [6, 6.07) is 1.83. The van der Waals surface area contributed by atoms with E-state index in [1.54, 1.807) is 0 Å². The van der Waals surface area contributed by atoms with Gasteiger partial charge in [-0.25, -0.2) is 9.97 Å². The van der Waals surface area contributed by atoms with Crippen LogP contribution in [-0.4, -0.2) is 35.5 Å². The Bertz CT molecular complexity index is 515. The first-order valence-corrected chi connectivity index (χ1v) is 8.34. The van der Waals surface area contributed by atoms with Gasteiger partial charge in [0.2, 0.25) is 0 Å². The molecule has 0 spiro atoms. The Morgan fingerprint density at radius 3 is 2.91 bits per heavy atom. The zero-order valence-corrected chi connectivity index (χ0v) is 14.2. The SMILES string of the molecule is Cc1nc(C(=O)NCCC(C)C)cc(N2CCCC(C)C2)n1. The fourth-order valence-electron chi connectivity index (χ4n) is 2.79. The minimum absolute atomic E-state index is 0.0996. The van der Waals surface area contributed by atoms with Crippen molar-refractivity contribution >= 4 is 11.7 Å². The standard InChI is InChI=1S/C17H28N4O/c1-12(2)7-8-18-17(22)15-10-16(20-14(4)19-15)21-9-5-6-13(3)11-21/h10,12-13H,5-9,11H2,1-4H3,(H,18,22). The minimum Gasteiger partial charge on any atom is -0.356 e. The molecule has 1 amide bonds. The van der Waals surface area contributed by atoms with E-state index in [-0.39, 0.29) is 5.91 Å². The molecule has 1 saturated heterocycles. The molecule has 0 bridgehead atoms. The number of hydrogen-bond acceptors (Lipinski definition) is 4. The summed E-state index contributed by atoms with van der Waals surface area (Å²) >= 11 is 0. The summed E-state index contributed by atoms with van der Waals surface area (Å²) in [6.07, 6.45) is 3.43. The first kappa shape index (κ1) is 16.7. The molecule has 1 N–H and O–H groups in total. The van der Waals surface area contributed by atoms with E-state index in [2.05, 4.69) is 41.0 Å². The highest BCUT2D eigenvalue weighted by Gasteiger charge is 2.19. The third-order valence-electron chi connectivity index (χ3n) is 4.05. The quantitative estimate of drug-likeness (QED) is 0.909. The lowest BCUT2D eigenvalue weighted by molar-refractivity contribution is 0.0946. The molecule has 1 atom stereocenters. The molecule has 1 aliphatic heterocycles. The van der Waals surface area contributed by atoms with E-state index in [1.807, 2.05) is 13.0 Å². The molecule has 1 aromatic rings. The number of anilines is 1. The lowest BCUT2D eigenvalue weighted by Crippen LogP contribution is -2.35. The molecule has 0 aliphatic carbocycles. The molecule has 0 aromatic carbocycles. The van der Waals surface area contributed by atoms with Gasteiger partial charge in [-0.1, -0.05) is 20.8 Å². The van der Waals surface area contributed by atoms with Gasteiger partial charge in [0.05, 0.1) is 0 Å². The molecule has 122 valence electrons. The van der Waals surface area contributed by atoms with E-state index in [9.17, 15) is 4.79 Å². The predicted octanol–water partition coefficient (Wildman–Crippen LogP) is 2.80. The number of carbonyl (C=O) groups excluding carboxylic acids is 1. The Balaban J connectivity index is 2.07. The molecule has 1 aromatic heterocycles. The maximum absolute atomic E-state index is 12.3. The van der Waals surface area contributed by atoms with Gasteiger partial charge in [0.25, 0.3) is 5.91 Å². The van der Waals surface area contributed by atoms with Gasteiger partial charge in [0.15, 0.2) is 0 Å². The second kappa shape index (κ2) is 7.56. The highest BCUT2D eigenvalue weighted by molar-refractivity contribution is 5.92. The van der Waals surface area contributed by atoms with Crippen molar-refractivity contribution in [3.05, 3.63) is 17.6 Å². The van der Waals surface area contributed by atoms with Gasteiger partial charge in [0, 0.05) is 25.7 Å². The zero-order valence-electron chi connectivity index (χ0n) is 14.2. The summed E-state index contributed by atoms with van der Waals surface area (Å²) < 4.78 is 0. The molecular formula is C17H28N4O. The van der Waals surface area contributed by atoms with Crippen LogP contribution in [0.2, 0.25) is 0 Å². The summed E-state index contributed by atoms with van der Waals surface area (Å²) in [4.78, 5) is 23.3. The minimum atomic E-state index is -0.0996.